The number of hydrogen-bond acceptors (Lipinski definition) is 2. The van der Waals surface area contributed by atoms with Gasteiger partial charge in [0.15, 0.2) is 5.78 Å². The zero-order valence-electron chi connectivity index (χ0n) is 10.1. The van der Waals surface area contributed by atoms with Crippen LogP contribution < -0.4 is 0 Å². The van der Waals surface area contributed by atoms with E-state index in [-0.39, 0.29) is 11.5 Å². The summed E-state index contributed by atoms with van der Waals surface area (Å²) in [7, 11) is 0. The van der Waals surface area contributed by atoms with E-state index >= 15 is 0 Å². The third kappa shape index (κ3) is 2.48. The third-order valence-electron chi connectivity index (χ3n) is 2.70. The summed E-state index contributed by atoms with van der Waals surface area (Å²) in [6.07, 6.45) is 0. The minimum absolute atomic E-state index is 0.0225. The van der Waals surface area contributed by atoms with E-state index in [2.05, 4.69) is 0 Å². The first kappa shape index (κ1) is 12.1. The quantitative estimate of drug-likeness (QED) is 0.503. The van der Waals surface area contributed by atoms with Crippen LogP contribution in [0, 0.1) is 0 Å². The van der Waals surface area contributed by atoms with Crippen molar-refractivity contribution in [2.45, 2.75) is 6.92 Å². The smallest absolute Gasteiger partial charge is 0.164 e. The molecule has 0 fully saturated rings. The molecule has 2 rings (SSSR count). The van der Waals surface area contributed by atoms with Crippen LogP contribution in [-0.4, -0.2) is 10.9 Å². The second-order valence-corrected chi connectivity index (χ2v) is 4.01. The molecule has 0 heterocycles. The standard InChI is InChI=1S/C16H14O2/c1-12(17)15(13-8-4-2-5-9-13)16(18)14-10-6-3-7-11-14/h2-11,18H,1H3/b16-15-. The van der Waals surface area contributed by atoms with E-state index in [9.17, 15) is 9.90 Å². The van der Waals surface area contributed by atoms with Crippen molar-refractivity contribution in [2.75, 3.05) is 0 Å². The highest BCUT2D eigenvalue weighted by atomic mass is 16.3. The summed E-state index contributed by atoms with van der Waals surface area (Å²) in [6, 6.07) is 18.3. The molecule has 0 radical (unpaired) electrons. The van der Waals surface area contributed by atoms with Gasteiger partial charge in [0.25, 0.3) is 0 Å². The molecule has 0 amide bonds. The minimum Gasteiger partial charge on any atom is -0.507 e. The molecule has 0 bridgehead atoms. The first-order chi connectivity index (χ1) is 8.70. The van der Waals surface area contributed by atoms with Gasteiger partial charge in [-0.3, -0.25) is 4.79 Å². The van der Waals surface area contributed by atoms with Crippen LogP contribution in [0.25, 0.3) is 11.3 Å². The Kier molecular flexibility index (Phi) is 3.58. The Hall–Kier alpha value is -2.35. The molecule has 0 saturated heterocycles. The average Bonchev–Trinajstić information content (AvgIpc) is 2.40. The Morgan fingerprint density at radius 1 is 0.833 bits per heavy atom. The first-order valence-corrected chi connectivity index (χ1v) is 5.75. The molecule has 0 spiro atoms. The van der Waals surface area contributed by atoms with Gasteiger partial charge in [-0.15, -0.1) is 0 Å². The molecule has 0 saturated carbocycles. The summed E-state index contributed by atoms with van der Waals surface area (Å²) < 4.78 is 0. The van der Waals surface area contributed by atoms with Gasteiger partial charge >= 0.3 is 0 Å². The van der Waals surface area contributed by atoms with E-state index in [0.29, 0.717) is 11.1 Å². The summed E-state index contributed by atoms with van der Waals surface area (Å²) in [5.41, 5.74) is 1.72. The predicted molar refractivity (Wildman–Crippen MR) is 73.0 cm³/mol. The molecule has 2 nitrogen and oxygen atoms in total. The first-order valence-electron chi connectivity index (χ1n) is 5.75. The van der Waals surface area contributed by atoms with E-state index < -0.39 is 0 Å². The lowest BCUT2D eigenvalue weighted by Crippen LogP contribution is -2.00. The molecule has 18 heavy (non-hydrogen) atoms. The molecule has 1 N–H and O–H groups in total. The minimum atomic E-state index is -0.150. The van der Waals surface area contributed by atoms with Crippen LogP contribution in [0.15, 0.2) is 60.7 Å². The molecule has 0 aliphatic rings. The zero-order valence-corrected chi connectivity index (χ0v) is 10.1. The Labute approximate surface area is 106 Å². The fourth-order valence-corrected chi connectivity index (χ4v) is 1.85. The number of carbonyl (C=O) groups is 1. The molecule has 90 valence electrons. The topological polar surface area (TPSA) is 37.3 Å². The second-order valence-electron chi connectivity index (χ2n) is 4.01. The number of Topliss-reactive ketones (excluding diaryl/α,β-unsaturated/α-hetero) is 1. The number of rotatable bonds is 3. The summed E-state index contributed by atoms with van der Waals surface area (Å²) in [4.78, 5) is 11.7. The fourth-order valence-electron chi connectivity index (χ4n) is 1.85. The Bertz CT molecular complexity index is 569. The molecule has 0 aromatic heterocycles. The van der Waals surface area contributed by atoms with Gasteiger partial charge < -0.3 is 5.11 Å². The molecule has 2 aromatic carbocycles. The fraction of sp³-hybridized carbons (Fsp3) is 0.0625. The summed E-state index contributed by atoms with van der Waals surface area (Å²) >= 11 is 0. The third-order valence-corrected chi connectivity index (χ3v) is 2.70. The summed E-state index contributed by atoms with van der Waals surface area (Å²) in [6.45, 7) is 1.46. The Morgan fingerprint density at radius 3 is 1.72 bits per heavy atom. The van der Waals surface area contributed by atoms with E-state index in [1.165, 1.54) is 6.92 Å². The van der Waals surface area contributed by atoms with Crippen molar-refractivity contribution in [3.63, 3.8) is 0 Å². The van der Waals surface area contributed by atoms with Gasteiger partial charge in [0.1, 0.15) is 5.76 Å². The van der Waals surface area contributed by atoms with Crippen LogP contribution >= 0.6 is 0 Å². The van der Waals surface area contributed by atoms with Gasteiger partial charge in [-0.25, -0.2) is 0 Å². The Balaban J connectivity index is 2.58. The number of carbonyl (C=O) groups excluding carboxylic acids is 1. The lowest BCUT2D eigenvalue weighted by atomic mass is 9.98. The van der Waals surface area contributed by atoms with Crippen molar-refractivity contribution in [3.8, 4) is 0 Å². The van der Waals surface area contributed by atoms with Crippen LogP contribution in [0.1, 0.15) is 18.1 Å². The van der Waals surface area contributed by atoms with Gasteiger partial charge in [-0.2, -0.15) is 0 Å². The number of aliphatic hydroxyl groups excluding tert-OH is 1. The van der Waals surface area contributed by atoms with Gasteiger partial charge in [0.2, 0.25) is 0 Å². The maximum atomic E-state index is 11.7. The molecule has 0 aliphatic carbocycles. The van der Waals surface area contributed by atoms with E-state index in [1.54, 1.807) is 12.1 Å². The highest BCUT2D eigenvalue weighted by molar-refractivity contribution is 6.25. The van der Waals surface area contributed by atoms with Crippen LogP contribution in [0.2, 0.25) is 0 Å². The van der Waals surface area contributed by atoms with Crippen LogP contribution in [0.4, 0.5) is 0 Å². The number of hydrogen-bond donors (Lipinski definition) is 1. The van der Waals surface area contributed by atoms with E-state index in [1.807, 2.05) is 48.5 Å². The molecule has 2 aromatic rings. The number of ketones is 1. The summed E-state index contributed by atoms with van der Waals surface area (Å²) in [5.74, 6) is -0.128. The SMILES string of the molecule is CC(=O)/C(=C(/O)c1ccccc1)c1ccccc1. The van der Waals surface area contributed by atoms with Gasteiger partial charge in [-0.1, -0.05) is 60.7 Å². The summed E-state index contributed by atoms with van der Waals surface area (Å²) in [5, 5.41) is 10.3. The van der Waals surface area contributed by atoms with Crippen molar-refractivity contribution in [1.29, 1.82) is 0 Å². The van der Waals surface area contributed by atoms with E-state index in [0.717, 1.165) is 5.56 Å². The molecular formula is C16H14O2. The molecule has 2 heteroatoms. The maximum Gasteiger partial charge on any atom is 0.164 e. The van der Waals surface area contributed by atoms with Crippen molar-refractivity contribution in [3.05, 3.63) is 71.8 Å². The molecule has 0 aliphatic heterocycles. The van der Waals surface area contributed by atoms with Crippen molar-refractivity contribution in [2.24, 2.45) is 0 Å². The maximum absolute atomic E-state index is 11.7. The highest BCUT2D eigenvalue weighted by Crippen LogP contribution is 2.24. The average molecular weight is 238 g/mol. The largest absolute Gasteiger partial charge is 0.507 e. The molecular weight excluding hydrogens is 224 g/mol. The molecule has 0 atom stereocenters. The number of aliphatic hydroxyl groups is 1. The van der Waals surface area contributed by atoms with Crippen molar-refractivity contribution >= 4 is 17.1 Å². The van der Waals surface area contributed by atoms with Crippen LogP contribution in [0.5, 0.6) is 0 Å². The van der Waals surface area contributed by atoms with Gasteiger partial charge in [-0.05, 0) is 12.5 Å². The normalized spacial score (nSPS) is 11.8. The molecule has 0 unspecified atom stereocenters. The zero-order chi connectivity index (χ0) is 13.0. The van der Waals surface area contributed by atoms with E-state index in [4.69, 9.17) is 0 Å². The second kappa shape index (κ2) is 5.32. The van der Waals surface area contributed by atoms with Crippen molar-refractivity contribution < 1.29 is 9.90 Å². The predicted octanol–water partition coefficient (Wildman–Crippen LogP) is 3.70. The Morgan fingerprint density at radius 2 is 1.28 bits per heavy atom. The van der Waals surface area contributed by atoms with Crippen molar-refractivity contribution in [1.82, 2.24) is 0 Å². The van der Waals surface area contributed by atoms with Gasteiger partial charge in [0.05, 0.1) is 5.57 Å². The number of benzene rings is 2. The number of allylic oxidation sites excluding steroid dienone is 1. The lowest BCUT2D eigenvalue weighted by Gasteiger charge is -2.08. The highest BCUT2D eigenvalue weighted by Gasteiger charge is 2.14. The van der Waals surface area contributed by atoms with Crippen LogP contribution in [-0.2, 0) is 4.79 Å². The lowest BCUT2D eigenvalue weighted by molar-refractivity contribution is -0.111. The van der Waals surface area contributed by atoms with Gasteiger partial charge in [0, 0.05) is 5.56 Å². The monoisotopic (exact) mass is 238 g/mol. The van der Waals surface area contributed by atoms with Crippen LogP contribution in [0.3, 0.4) is 0 Å².